The molecule has 0 spiro atoms. The molecule has 0 bridgehead atoms. The van der Waals surface area contributed by atoms with Gasteiger partial charge in [0.2, 0.25) is 0 Å². The fourth-order valence-electron chi connectivity index (χ4n) is 1.72. The highest BCUT2D eigenvalue weighted by molar-refractivity contribution is 7.48. The molecule has 0 aliphatic carbocycles. The van der Waals surface area contributed by atoms with Crippen LogP contribution in [-0.2, 0) is 14.9 Å². The molecule has 0 fully saturated rings. The summed E-state index contributed by atoms with van der Waals surface area (Å²) in [5, 5.41) is 0.427. The Bertz CT molecular complexity index is 667. The van der Waals surface area contributed by atoms with E-state index in [0.717, 1.165) is 17.4 Å². The lowest BCUT2D eigenvalue weighted by molar-refractivity contribution is -0.0446. The maximum absolute atomic E-state index is 14.2. The first-order valence-corrected chi connectivity index (χ1v) is 9.83. The van der Waals surface area contributed by atoms with Gasteiger partial charge in [-0.2, -0.15) is 8.78 Å². The first-order chi connectivity index (χ1) is 11.9. The molecular formula is C16H23F3NO3PS. The van der Waals surface area contributed by atoms with E-state index in [1.165, 1.54) is 25.1 Å². The Morgan fingerprint density at radius 1 is 1.24 bits per heavy atom. The van der Waals surface area contributed by atoms with Crippen molar-refractivity contribution in [2.75, 3.05) is 6.61 Å². The molecule has 142 valence electrons. The number of carbonyl (C=O) groups is 1. The van der Waals surface area contributed by atoms with Crippen LogP contribution in [0.15, 0.2) is 24.3 Å². The van der Waals surface area contributed by atoms with Crippen LogP contribution >= 0.6 is 19.7 Å². The third-order valence-electron chi connectivity index (χ3n) is 2.64. The van der Waals surface area contributed by atoms with Crippen LogP contribution in [0.25, 0.3) is 10.1 Å². The number of benzene rings is 1. The third-order valence-corrected chi connectivity index (χ3v) is 5.11. The SMILES string of the molecule is CC.CC.CCOP(OF)C(F)(F)c1ccc2sc(C(N)=O)cc2c1. The van der Waals surface area contributed by atoms with E-state index in [-0.39, 0.29) is 11.5 Å². The van der Waals surface area contributed by atoms with E-state index >= 15 is 0 Å². The number of halogens is 3. The predicted molar refractivity (Wildman–Crippen MR) is 97.7 cm³/mol. The molecule has 1 aromatic carbocycles. The van der Waals surface area contributed by atoms with Crippen LogP contribution in [0.2, 0.25) is 0 Å². The maximum Gasteiger partial charge on any atom is 0.343 e. The minimum Gasteiger partial charge on any atom is -0.365 e. The summed E-state index contributed by atoms with van der Waals surface area (Å²) >= 11 is 1.10. The summed E-state index contributed by atoms with van der Waals surface area (Å²) in [6.07, 6.45) is 0. The first kappa shape index (κ1) is 23.8. The molecule has 0 saturated heterocycles. The van der Waals surface area contributed by atoms with E-state index in [1.54, 1.807) is 0 Å². The highest BCUT2D eigenvalue weighted by Gasteiger charge is 2.46. The fraction of sp³-hybridized carbons (Fsp3) is 0.438. The topological polar surface area (TPSA) is 61.6 Å². The minimum atomic E-state index is -3.61. The summed E-state index contributed by atoms with van der Waals surface area (Å²) in [7, 11) is -3.03. The Morgan fingerprint density at radius 2 is 1.84 bits per heavy atom. The van der Waals surface area contributed by atoms with Gasteiger partial charge in [-0.1, -0.05) is 33.8 Å². The Morgan fingerprint density at radius 3 is 2.32 bits per heavy atom. The van der Waals surface area contributed by atoms with Crippen LogP contribution in [0.3, 0.4) is 0 Å². The molecule has 0 saturated carbocycles. The van der Waals surface area contributed by atoms with Gasteiger partial charge in [-0.3, -0.25) is 4.79 Å². The number of hydrogen-bond donors (Lipinski definition) is 1. The zero-order valence-electron chi connectivity index (χ0n) is 14.8. The van der Waals surface area contributed by atoms with Gasteiger partial charge >= 0.3 is 5.66 Å². The highest BCUT2D eigenvalue weighted by Crippen LogP contribution is 2.60. The Labute approximate surface area is 150 Å². The van der Waals surface area contributed by atoms with Gasteiger partial charge in [0.15, 0.2) is 0 Å². The standard InChI is InChI=1S/C12H11F3NO3PS.2C2H6/c1-2-18-20(19-15)12(13,14)8-3-4-9-7(5-8)6-10(21-9)11(16)17;2*1-2/h3-6H,2H2,1H3,(H2,16,17);2*1-2H3. The summed E-state index contributed by atoms with van der Waals surface area (Å²) in [6.45, 7) is 9.36. The zero-order valence-corrected chi connectivity index (χ0v) is 16.5. The fourth-order valence-corrected chi connectivity index (χ4v) is 3.49. The molecule has 2 aromatic rings. The van der Waals surface area contributed by atoms with E-state index in [1.807, 2.05) is 27.7 Å². The smallest absolute Gasteiger partial charge is 0.343 e. The van der Waals surface area contributed by atoms with Crippen LogP contribution in [-0.4, -0.2) is 12.5 Å². The third kappa shape index (κ3) is 5.92. The molecule has 2 rings (SSSR count). The van der Waals surface area contributed by atoms with Crippen LogP contribution in [0.4, 0.5) is 13.3 Å². The van der Waals surface area contributed by atoms with Crippen LogP contribution in [0.5, 0.6) is 0 Å². The largest absolute Gasteiger partial charge is 0.365 e. The van der Waals surface area contributed by atoms with Gasteiger partial charge in [-0.05, 0) is 35.0 Å². The molecular weight excluding hydrogens is 374 g/mol. The molecule has 1 unspecified atom stereocenters. The van der Waals surface area contributed by atoms with Crippen molar-refractivity contribution in [1.29, 1.82) is 0 Å². The summed E-state index contributed by atoms with van der Waals surface area (Å²) in [5.41, 5.74) is 1.10. The number of amides is 1. The number of hydrogen-bond acceptors (Lipinski definition) is 4. The molecule has 2 N–H and O–H groups in total. The second-order valence-electron chi connectivity index (χ2n) is 4.01. The van der Waals surface area contributed by atoms with Crippen molar-refractivity contribution in [3.63, 3.8) is 0 Å². The number of rotatable bonds is 6. The number of alkyl halides is 2. The quantitative estimate of drug-likeness (QED) is 0.578. The summed E-state index contributed by atoms with van der Waals surface area (Å²) in [4.78, 5) is 11.4. The Hall–Kier alpha value is -1.21. The second kappa shape index (κ2) is 11.4. The molecule has 25 heavy (non-hydrogen) atoms. The van der Waals surface area contributed by atoms with Crippen LogP contribution in [0, 0.1) is 0 Å². The highest BCUT2D eigenvalue weighted by atomic mass is 32.1. The first-order valence-electron chi connectivity index (χ1n) is 7.83. The maximum atomic E-state index is 14.2. The number of fused-ring (bicyclic) bond motifs is 1. The Balaban J connectivity index is 0.00000134. The van der Waals surface area contributed by atoms with Crippen LogP contribution in [0.1, 0.15) is 49.9 Å². The summed E-state index contributed by atoms with van der Waals surface area (Å²) in [5.74, 6) is -0.631. The number of thiophene rings is 1. The lowest BCUT2D eigenvalue weighted by atomic mass is 10.1. The predicted octanol–water partition coefficient (Wildman–Crippen LogP) is 6.35. The van der Waals surface area contributed by atoms with Crippen molar-refractivity contribution in [3.8, 4) is 0 Å². The average molecular weight is 397 g/mol. The lowest BCUT2D eigenvalue weighted by Crippen LogP contribution is -2.13. The molecule has 0 aliphatic heterocycles. The average Bonchev–Trinajstić information content (AvgIpc) is 3.06. The van der Waals surface area contributed by atoms with Crippen molar-refractivity contribution in [1.82, 2.24) is 0 Å². The van der Waals surface area contributed by atoms with E-state index < -0.39 is 25.5 Å². The van der Waals surface area contributed by atoms with Crippen LogP contribution < -0.4 is 5.73 Å². The molecule has 1 aromatic heterocycles. The molecule has 1 heterocycles. The van der Waals surface area contributed by atoms with Gasteiger partial charge in [0.05, 0.1) is 11.5 Å². The lowest BCUT2D eigenvalue weighted by Gasteiger charge is -2.21. The monoisotopic (exact) mass is 397 g/mol. The van der Waals surface area contributed by atoms with Crippen molar-refractivity contribution in [2.24, 2.45) is 5.73 Å². The van der Waals surface area contributed by atoms with Crippen molar-refractivity contribution >= 4 is 35.7 Å². The van der Waals surface area contributed by atoms with E-state index in [4.69, 9.17) is 5.73 Å². The normalized spacial score (nSPS) is 11.8. The van der Waals surface area contributed by atoms with Gasteiger partial charge in [-0.15, -0.1) is 16.1 Å². The summed E-state index contributed by atoms with van der Waals surface area (Å²) < 4.78 is 49.1. The van der Waals surface area contributed by atoms with E-state index in [9.17, 15) is 18.1 Å². The molecule has 0 radical (unpaired) electrons. The molecule has 9 heteroatoms. The molecule has 1 atom stereocenters. The van der Waals surface area contributed by atoms with Gasteiger partial charge in [0, 0.05) is 10.3 Å². The summed E-state index contributed by atoms with van der Waals surface area (Å²) in [6, 6.07) is 5.16. The van der Waals surface area contributed by atoms with Crippen molar-refractivity contribution in [3.05, 3.63) is 34.7 Å². The van der Waals surface area contributed by atoms with Gasteiger partial charge in [0.1, 0.15) is 0 Å². The van der Waals surface area contributed by atoms with Crippen molar-refractivity contribution < 1.29 is 27.4 Å². The van der Waals surface area contributed by atoms with Crippen molar-refractivity contribution in [2.45, 2.75) is 40.3 Å². The van der Waals surface area contributed by atoms with E-state index in [2.05, 4.69) is 9.25 Å². The second-order valence-corrected chi connectivity index (χ2v) is 6.57. The Kier molecular flexibility index (Phi) is 10.9. The zero-order chi connectivity index (χ0) is 19.6. The minimum absolute atomic E-state index is 0.0995. The van der Waals surface area contributed by atoms with Gasteiger partial charge in [-0.25, -0.2) is 0 Å². The number of primary amides is 1. The van der Waals surface area contributed by atoms with Gasteiger partial charge < -0.3 is 10.3 Å². The number of nitrogens with two attached hydrogens (primary N) is 1. The molecule has 1 amide bonds. The van der Waals surface area contributed by atoms with Gasteiger partial charge in [0.25, 0.3) is 14.3 Å². The molecule has 0 aliphatic rings. The molecule has 4 nitrogen and oxygen atoms in total. The van der Waals surface area contributed by atoms with E-state index in [0.29, 0.717) is 10.1 Å². The number of carbonyl (C=O) groups excluding carboxylic acids is 1.